The number of ketones is 1. The minimum atomic E-state index is -1.61. The van der Waals surface area contributed by atoms with Crippen molar-refractivity contribution < 1.29 is 27.5 Å². The van der Waals surface area contributed by atoms with E-state index in [0.717, 1.165) is 37.8 Å². The van der Waals surface area contributed by atoms with Gasteiger partial charge in [-0.2, -0.15) is 0 Å². The highest BCUT2D eigenvalue weighted by atomic mass is 19.2. The second-order valence-corrected chi connectivity index (χ2v) is 8.42. The first-order chi connectivity index (χ1) is 15.6. The molecule has 0 aliphatic heterocycles. The van der Waals surface area contributed by atoms with Crippen LogP contribution in [0.15, 0.2) is 42.3 Å². The molecule has 1 heterocycles. The summed E-state index contributed by atoms with van der Waals surface area (Å²) >= 11 is 0. The molecule has 33 heavy (non-hydrogen) atoms. The molecule has 1 aromatic carbocycles. The summed E-state index contributed by atoms with van der Waals surface area (Å²) in [7, 11) is 0. The van der Waals surface area contributed by atoms with Crippen molar-refractivity contribution in [3.63, 3.8) is 0 Å². The second-order valence-electron chi connectivity index (χ2n) is 8.42. The van der Waals surface area contributed by atoms with Crippen molar-refractivity contribution in [2.45, 2.75) is 58.6 Å². The number of carbonyl (C=O) groups excluding carboxylic acids is 2. The maximum Gasteiger partial charge on any atom is 0.267 e. The maximum atomic E-state index is 13.8. The Kier molecular flexibility index (Phi) is 7.46. The van der Waals surface area contributed by atoms with Crippen molar-refractivity contribution in [1.82, 2.24) is 10.3 Å². The summed E-state index contributed by atoms with van der Waals surface area (Å²) in [5.74, 6) is -5.09. The van der Waals surface area contributed by atoms with Gasteiger partial charge >= 0.3 is 0 Å². The van der Waals surface area contributed by atoms with Gasteiger partial charge in [-0.25, -0.2) is 13.2 Å². The summed E-state index contributed by atoms with van der Waals surface area (Å²) in [6.07, 6.45) is 5.06. The van der Waals surface area contributed by atoms with Crippen LogP contribution in [-0.2, 0) is 4.74 Å². The third-order valence-electron chi connectivity index (χ3n) is 5.51. The van der Waals surface area contributed by atoms with Crippen LogP contribution in [0, 0.1) is 17.5 Å². The molecule has 2 aromatic rings. The number of carbonyl (C=O) groups is 2. The molecule has 0 saturated heterocycles. The van der Waals surface area contributed by atoms with Crippen LogP contribution in [-0.4, -0.2) is 28.8 Å². The summed E-state index contributed by atoms with van der Waals surface area (Å²) in [5, 5.41) is 2.94. The number of hydrogen-bond donors (Lipinski definition) is 2. The molecule has 176 valence electrons. The van der Waals surface area contributed by atoms with E-state index in [1.807, 2.05) is 0 Å². The Morgan fingerprint density at radius 1 is 1.09 bits per heavy atom. The number of allylic oxidation sites excluding steroid dienone is 3. The Labute approximate surface area is 190 Å². The van der Waals surface area contributed by atoms with E-state index in [-0.39, 0.29) is 51.8 Å². The summed E-state index contributed by atoms with van der Waals surface area (Å²) in [5.41, 5.74) is 0.204. The van der Waals surface area contributed by atoms with Gasteiger partial charge < -0.3 is 15.0 Å². The van der Waals surface area contributed by atoms with Crippen LogP contribution in [0.5, 0.6) is 0 Å². The molecule has 8 heteroatoms. The first-order valence-corrected chi connectivity index (χ1v) is 10.8. The Hall–Kier alpha value is -3.29. The third kappa shape index (κ3) is 5.56. The molecular weight excluding hydrogens is 433 g/mol. The SMILES string of the molecule is C=C(/C(C(=O)c1c[nH]c(C(=O)NC2CCCC2)c1)=C(/C)OC(C)C)c1cc(F)c(F)c(F)c1. The van der Waals surface area contributed by atoms with Crippen LogP contribution >= 0.6 is 0 Å². The van der Waals surface area contributed by atoms with E-state index in [9.17, 15) is 22.8 Å². The van der Waals surface area contributed by atoms with Crippen molar-refractivity contribution in [3.8, 4) is 0 Å². The minimum Gasteiger partial charge on any atom is -0.495 e. The molecule has 1 saturated carbocycles. The zero-order chi connectivity index (χ0) is 24.3. The van der Waals surface area contributed by atoms with Crippen molar-refractivity contribution >= 4 is 17.3 Å². The first kappa shape index (κ1) is 24.4. The number of Topliss-reactive ketones (excluding diaryl/α,β-unsaturated/α-hetero) is 1. The van der Waals surface area contributed by atoms with Gasteiger partial charge in [0.05, 0.1) is 11.7 Å². The van der Waals surface area contributed by atoms with Gasteiger partial charge in [-0.1, -0.05) is 19.4 Å². The monoisotopic (exact) mass is 460 g/mol. The Bertz CT molecular complexity index is 1090. The molecule has 1 amide bonds. The van der Waals surface area contributed by atoms with Crippen molar-refractivity contribution in [2.24, 2.45) is 0 Å². The second kappa shape index (κ2) is 10.1. The lowest BCUT2D eigenvalue weighted by atomic mass is 9.92. The Morgan fingerprint density at radius 3 is 2.27 bits per heavy atom. The molecule has 1 aliphatic rings. The molecule has 1 fully saturated rings. The normalized spacial score (nSPS) is 14.9. The van der Waals surface area contributed by atoms with E-state index < -0.39 is 23.2 Å². The summed E-state index contributed by atoms with van der Waals surface area (Å²) < 4.78 is 46.7. The first-order valence-electron chi connectivity index (χ1n) is 10.8. The number of aromatic nitrogens is 1. The Morgan fingerprint density at radius 2 is 1.70 bits per heavy atom. The van der Waals surface area contributed by atoms with Crippen molar-refractivity contribution in [2.75, 3.05) is 0 Å². The number of nitrogens with one attached hydrogen (secondary N) is 2. The van der Waals surface area contributed by atoms with Gasteiger partial charge in [0.2, 0.25) is 0 Å². The fraction of sp³-hybridized carbons (Fsp3) is 0.360. The van der Waals surface area contributed by atoms with Crippen LogP contribution in [0.1, 0.15) is 72.9 Å². The third-order valence-corrected chi connectivity index (χ3v) is 5.51. The van der Waals surface area contributed by atoms with Gasteiger partial charge in [0.1, 0.15) is 11.5 Å². The van der Waals surface area contributed by atoms with Crippen LogP contribution in [0.2, 0.25) is 0 Å². The molecule has 0 spiro atoms. The fourth-order valence-corrected chi connectivity index (χ4v) is 3.93. The van der Waals surface area contributed by atoms with E-state index in [1.165, 1.54) is 19.2 Å². The van der Waals surface area contributed by atoms with Gasteiger partial charge in [0.25, 0.3) is 5.91 Å². The van der Waals surface area contributed by atoms with Crippen LogP contribution in [0.4, 0.5) is 13.2 Å². The molecule has 0 bridgehead atoms. The minimum absolute atomic E-state index is 0.0316. The number of amides is 1. The van der Waals surface area contributed by atoms with Gasteiger partial charge in [-0.3, -0.25) is 9.59 Å². The largest absolute Gasteiger partial charge is 0.495 e. The lowest BCUT2D eigenvalue weighted by molar-refractivity contribution is 0.0933. The van der Waals surface area contributed by atoms with Crippen molar-refractivity contribution in [1.29, 1.82) is 0 Å². The van der Waals surface area contributed by atoms with E-state index in [4.69, 9.17) is 4.74 Å². The smallest absolute Gasteiger partial charge is 0.267 e. The topological polar surface area (TPSA) is 71.2 Å². The van der Waals surface area contributed by atoms with Crippen LogP contribution in [0.3, 0.4) is 0 Å². The van der Waals surface area contributed by atoms with Gasteiger partial charge in [0, 0.05) is 17.8 Å². The predicted octanol–water partition coefficient (Wildman–Crippen LogP) is 5.70. The van der Waals surface area contributed by atoms with Crippen molar-refractivity contribution in [3.05, 3.63) is 76.6 Å². The van der Waals surface area contributed by atoms with Gasteiger partial charge in [-0.05, 0) is 62.9 Å². The van der Waals surface area contributed by atoms with Crippen LogP contribution < -0.4 is 5.32 Å². The molecule has 0 unspecified atom stereocenters. The van der Waals surface area contributed by atoms with Gasteiger partial charge in [-0.15, -0.1) is 0 Å². The summed E-state index contributed by atoms with van der Waals surface area (Å²) in [6, 6.07) is 3.07. The lowest BCUT2D eigenvalue weighted by Gasteiger charge is -2.17. The van der Waals surface area contributed by atoms with E-state index in [1.54, 1.807) is 13.8 Å². The molecule has 0 radical (unpaired) electrons. The number of rotatable bonds is 8. The molecule has 2 N–H and O–H groups in total. The maximum absolute atomic E-state index is 13.8. The highest BCUT2D eigenvalue weighted by Gasteiger charge is 2.25. The number of halogens is 3. The average Bonchev–Trinajstić information content (AvgIpc) is 3.43. The molecule has 5 nitrogen and oxygen atoms in total. The van der Waals surface area contributed by atoms with E-state index in [2.05, 4.69) is 16.9 Å². The molecule has 1 aliphatic carbocycles. The molecular formula is C25H27F3N2O3. The molecule has 1 aromatic heterocycles. The molecule has 3 rings (SSSR count). The van der Waals surface area contributed by atoms with E-state index in [0.29, 0.717) is 0 Å². The fourth-order valence-electron chi connectivity index (χ4n) is 3.93. The number of hydrogen-bond acceptors (Lipinski definition) is 3. The molecule has 0 atom stereocenters. The summed E-state index contributed by atoms with van der Waals surface area (Å²) in [6.45, 7) is 8.87. The Balaban J connectivity index is 1.93. The summed E-state index contributed by atoms with van der Waals surface area (Å²) in [4.78, 5) is 28.7. The number of ether oxygens (including phenoxy) is 1. The average molecular weight is 460 g/mol. The number of H-pyrrole nitrogens is 1. The number of benzene rings is 1. The zero-order valence-electron chi connectivity index (χ0n) is 18.9. The number of aromatic amines is 1. The van der Waals surface area contributed by atoms with E-state index >= 15 is 0 Å². The standard InChI is InChI=1S/C25H27F3N2O3/c1-13(2)33-15(4)22(14(3)16-9-19(26)23(28)20(27)10-16)24(31)17-11-21(29-12-17)25(32)30-18-7-5-6-8-18/h9-13,18,29H,3,5-8H2,1-2,4H3,(H,30,32)/b22-15+. The predicted molar refractivity (Wildman–Crippen MR) is 119 cm³/mol. The van der Waals surface area contributed by atoms with Gasteiger partial charge in [0.15, 0.2) is 23.2 Å². The zero-order valence-corrected chi connectivity index (χ0v) is 18.9. The highest BCUT2D eigenvalue weighted by Crippen LogP contribution is 2.30. The lowest BCUT2D eigenvalue weighted by Crippen LogP contribution is -2.32. The van der Waals surface area contributed by atoms with Crippen LogP contribution in [0.25, 0.3) is 5.57 Å². The quantitative estimate of drug-likeness (QED) is 0.175. The highest BCUT2D eigenvalue weighted by molar-refractivity contribution is 6.19.